The van der Waals surface area contributed by atoms with Crippen molar-refractivity contribution in [1.29, 1.82) is 0 Å². The second kappa shape index (κ2) is 5.37. The van der Waals surface area contributed by atoms with E-state index < -0.39 is 11.6 Å². The smallest absolute Gasteiger partial charge is 0.179 e. The van der Waals surface area contributed by atoms with Crippen LogP contribution >= 0.6 is 0 Å². The number of halogens is 2. The highest BCUT2D eigenvalue weighted by molar-refractivity contribution is 5.99. The minimum Gasteiger partial charge on any atom is -0.292 e. The summed E-state index contributed by atoms with van der Waals surface area (Å²) in [7, 11) is 0. The van der Waals surface area contributed by atoms with E-state index in [-0.39, 0.29) is 17.4 Å². The second-order valence-electron chi connectivity index (χ2n) is 5.34. The molecule has 2 nitrogen and oxygen atoms in total. The molecule has 0 radical (unpaired) electrons. The van der Waals surface area contributed by atoms with Gasteiger partial charge in [-0.15, -0.1) is 0 Å². The van der Waals surface area contributed by atoms with E-state index >= 15 is 0 Å². The van der Waals surface area contributed by atoms with Crippen LogP contribution in [0.2, 0.25) is 0 Å². The quantitative estimate of drug-likeness (QED) is 0.805. The number of benzene rings is 2. The van der Waals surface area contributed by atoms with E-state index in [1.54, 1.807) is 6.92 Å². The van der Waals surface area contributed by atoms with Crippen LogP contribution in [-0.2, 0) is 13.1 Å². The zero-order chi connectivity index (χ0) is 15.0. The Morgan fingerprint density at radius 3 is 2.24 bits per heavy atom. The minimum atomic E-state index is -0.988. The number of hydrogen-bond donors (Lipinski definition) is 0. The highest BCUT2D eigenvalue weighted by Gasteiger charge is 2.28. The molecule has 0 saturated carbocycles. The lowest BCUT2D eigenvalue weighted by Gasteiger charge is -2.22. The third kappa shape index (κ3) is 2.59. The first kappa shape index (κ1) is 13.9. The molecule has 108 valence electrons. The van der Waals surface area contributed by atoms with E-state index in [0.717, 1.165) is 12.1 Å². The van der Waals surface area contributed by atoms with Crippen molar-refractivity contribution >= 4 is 5.78 Å². The third-order valence-electron chi connectivity index (χ3n) is 4.00. The average Bonchev–Trinajstić information content (AvgIpc) is 2.92. The summed E-state index contributed by atoms with van der Waals surface area (Å²) >= 11 is 0. The highest BCUT2D eigenvalue weighted by Crippen LogP contribution is 2.25. The minimum absolute atomic E-state index is 0.193. The molecule has 4 heteroatoms. The van der Waals surface area contributed by atoms with Gasteiger partial charge in [0.2, 0.25) is 0 Å². The molecule has 0 spiro atoms. The van der Waals surface area contributed by atoms with E-state index in [0.29, 0.717) is 13.1 Å². The topological polar surface area (TPSA) is 20.3 Å². The van der Waals surface area contributed by atoms with Crippen LogP contribution in [0.15, 0.2) is 42.5 Å². The standard InChI is InChI=1S/C17H15F2NO/c1-11(17(21)12-6-7-15(18)16(19)8-12)20-9-13-4-2-3-5-14(13)10-20/h2-8,11H,9-10H2,1H3. The van der Waals surface area contributed by atoms with Crippen LogP contribution in [0.25, 0.3) is 0 Å². The van der Waals surface area contributed by atoms with Crippen molar-refractivity contribution in [2.75, 3.05) is 0 Å². The summed E-state index contributed by atoms with van der Waals surface area (Å²) in [5, 5.41) is 0. The molecule has 2 aromatic rings. The summed E-state index contributed by atoms with van der Waals surface area (Å²) in [6.45, 7) is 3.20. The van der Waals surface area contributed by atoms with Crippen LogP contribution in [-0.4, -0.2) is 16.7 Å². The van der Waals surface area contributed by atoms with Gasteiger partial charge in [0, 0.05) is 18.7 Å². The summed E-state index contributed by atoms with van der Waals surface area (Å²) in [4.78, 5) is 14.5. The van der Waals surface area contributed by atoms with Gasteiger partial charge in [-0.1, -0.05) is 24.3 Å². The van der Waals surface area contributed by atoms with Crippen molar-refractivity contribution in [3.63, 3.8) is 0 Å². The third-order valence-corrected chi connectivity index (χ3v) is 4.00. The van der Waals surface area contributed by atoms with Gasteiger partial charge in [-0.3, -0.25) is 9.69 Å². The molecule has 1 aliphatic heterocycles. The molecule has 0 N–H and O–H groups in total. The molecular weight excluding hydrogens is 272 g/mol. The van der Waals surface area contributed by atoms with Crippen molar-refractivity contribution in [2.24, 2.45) is 0 Å². The summed E-state index contributed by atoms with van der Waals surface area (Å²) in [5.41, 5.74) is 2.63. The fourth-order valence-corrected chi connectivity index (χ4v) is 2.69. The van der Waals surface area contributed by atoms with Gasteiger partial charge in [-0.25, -0.2) is 8.78 Å². The predicted molar refractivity (Wildman–Crippen MR) is 75.8 cm³/mol. The van der Waals surface area contributed by atoms with E-state index in [1.165, 1.54) is 17.2 Å². The van der Waals surface area contributed by atoms with Crippen LogP contribution in [0, 0.1) is 11.6 Å². The van der Waals surface area contributed by atoms with Crippen molar-refractivity contribution in [3.05, 3.63) is 70.8 Å². The number of ketones is 1. The van der Waals surface area contributed by atoms with Crippen molar-refractivity contribution in [3.8, 4) is 0 Å². The summed E-state index contributed by atoms with van der Waals surface area (Å²) in [6, 6.07) is 11.0. The monoisotopic (exact) mass is 287 g/mol. The Morgan fingerprint density at radius 1 is 1.05 bits per heavy atom. The maximum absolute atomic E-state index is 13.3. The molecule has 1 atom stereocenters. The Balaban J connectivity index is 1.78. The number of fused-ring (bicyclic) bond motifs is 1. The fourth-order valence-electron chi connectivity index (χ4n) is 2.69. The Morgan fingerprint density at radius 2 is 1.67 bits per heavy atom. The molecule has 0 amide bonds. The SMILES string of the molecule is CC(C(=O)c1ccc(F)c(F)c1)N1Cc2ccccc2C1. The predicted octanol–water partition coefficient (Wildman–Crippen LogP) is 3.55. The van der Waals surface area contributed by atoms with Gasteiger partial charge in [0.25, 0.3) is 0 Å². The Labute approximate surface area is 122 Å². The number of rotatable bonds is 3. The number of hydrogen-bond acceptors (Lipinski definition) is 2. The number of carbonyl (C=O) groups is 1. The van der Waals surface area contributed by atoms with Gasteiger partial charge in [0.1, 0.15) is 0 Å². The van der Waals surface area contributed by atoms with Gasteiger partial charge in [-0.05, 0) is 36.2 Å². The zero-order valence-corrected chi connectivity index (χ0v) is 11.6. The van der Waals surface area contributed by atoms with Crippen molar-refractivity contribution in [1.82, 2.24) is 4.90 Å². The lowest BCUT2D eigenvalue weighted by Crippen LogP contribution is -2.35. The summed E-state index contributed by atoms with van der Waals surface area (Å²) in [5.74, 6) is -2.12. The van der Waals surface area contributed by atoms with Crippen molar-refractivity contribution in [2.45, 2.75) is 26.1 Å². The van der Waals surface area contributed by atoms with Gasteiger partial charge in [0.05, 0.1) is 6.04 Å². The first-order chi connectivity index (χ1) is 10.1. The normalized spacial score (nSPS) is 15.8. The van der Waals surface area contributed by atoms with Crippen LogP contribution in [0.4, 0.5) is 8.78 Å². The molecule has 1 unspecified atom stereocenters. The molecule has 0 saturated heterocycles. The van der Waals surface area contributed by atoms with Gasteiger partial charge in [-0.2, -0.15) is 0 Å². The molecule has 1 heterocycles. The summed E-state index contributed by atoms with van der Waals surface area (Å²) < 4.78 is 26.2. The molecule has 21 heavy (non-hydrogen) atoms. The van der Waals surface area contributed by atoms with Gasteiger partial charge >= 0.3 is 0 Å². The Bertz CT molecular complexity index is 674. The van der Waals surface area contributed by atoms with E-state index in [9.17, 15) is 13.6 Å². The maximum atomic E-state index is 13.3. The zero-order valence-electron chi connectivity index (χ0n) is 11.6. The average molecular weight is 287 g/mol. The van der Waals surface area contributed by atoms with E-state index in [1.807, 2.05) is 29.2 Å². The molecule has 0 aliphatic carbocycles. The van der Waals surface area contributed by atoms with Gasteiger partial charge in [0.15, 0.2) is 17.4 Å². The summed E-state index contributed by atoms with van der Waals surface area (Å²) in [6.07, 6.45) is 0. The number of nitrogens with zero attached hydrogens (tertiary/aromatic N) is 1. The largest absolute Gasteiger partial charge is 0.292 e. The molecular formula is C17H15F2NO. The van der Waals surface area contributed by atoms with Crippen molar-refractivity contribution < 1.29 is 13.6 Å². The van der Waals surface area contributed by atoms with Crippen LogP contribution in [0.5, 0.6) is 0 Å². The second-order valence-corrected chi connectivity index (χ2v) is 5.34. The Kier molecular flexibility index (Phi) is 3.55. The lowest BCUT2D eigenvalue weighted by atomic mass is 10.0. The molecule has 3 rings (SSSR count). The number of Topliss-reactive ketones (excluding diaryl/α,β-unsaturated/α-hetero) is 1. The van der Waals surface area contributed by atoms with Crippen LogP contribution < -0.4 is 0 Å². The lowest BCUT2D eigenvalue weighted by molar-refractivity contribution is 0.0835. The van der Waals surface area contributed by atoms with Gasteiger partial charge < -0.3 is 0 Å². The first-order valence-electron chi connectivity index (χ1n) is 6.86. The van der Waals surface area contributed by atoms with Crippen LogP contribution in [0.1, 0.15) is 28.4 Å². The fraction of sp³-hybridized carbons (Fsp3) is 0.235. The molecule has 2 aromatic carbocycles. The molecule has 0 fully saturated rings. The van der Waals surface area contributed by atoms with Crippen LogP contribution in [0.3, 0.4) is 0 Å². The molecule has 1 aliphatic rings. The van der Waals surface area contributed by atoms with E-state index in [4.69, 9.17) is 0 Å². The first-order valence-corrected chi connectivity index (χ1v) is 6.86. The Hall–Kier alpha value is -2.07. The number of carbonyl (C=O) groups excluding carboxylic acids is 1. The maximum Gasteiger partial charge on any atom is 0.179 e. The van der Waals surface area contributed by atoms with E-state index in [2.05, 4.69) is 0 Å². The highest BCUT2D eigenvalue weighted by atomic mass is 19.2. The molecule has 0 bridgehead atoms. The molecule has 0 aromatic heterocycles.